The number of anilines is 1. The molecule has 0 spiro atoms. The monoisotopic (exact) mass is 346 g/mol. The van der Waals surface area contributed by atoms with Gasteiger partial charge in [-0.1, -0.05) is 13.3 Å². The molecule has 1 aliphatic heterocycles. The van der Waals surface area contributed by atoms with Crippen LogP contribution in [-0.4, -0.2) is 39.9 Å². The van der Waals surface area contributed by atoms with Gasteiger partial charge in [-0.15, -0.1) is 0 Å². The number of ether oxygens (including phenoxy) is 1. The van der Waals surface area contributed by atoms with E-state index in [1.807, 2.05) is 11.6 Å². The summed E-state index contributed by atoms with van der Waals surface area (Å²) in [7, 11) is 0. The summed E-state index contributed by atoms with van der Waals surface area (Å²) in [6, 6.07) is 0.253. The van der Waals surface area contributed by atoms with Gasteiger partial charge < -0.3 is 10.1 Å². The fraction of sp³-hybridized carbons (Fsp3) is 0.588. The van der Waals surface area contributed by atoms with Crippen LogP contribution < -0.4 is 16.6 Å². The molecule has 3 rings (SSSR count). The molecular weight excluding hydrogens is 320 g/mol. The van der Waals surface area contributed by atoms with Crippen molar-refractivity contribution in [3.8, 4) is 0 Å². The van der Waals surface area contributed by atoms with Gasteiger partial charge in [0.1, 0.15) is 0 Å². The maximum absolute atomic E-state index is 12.5. The van der Waals surface area contributed by atoms with Crippen molar-refractivity contribution in [2.75, 3.05) is 18.5 Å². The molecule has 1 aliphatic rings. The maximum Gasteiger partial charge on any atom is 0.269 e. The van der Waals surface area contributed by atoms with E-state index in [2.05, 4.69) is 22.8 Å². The van der Waals surface area contributed by atoms with Crippen molar-refractivity contribution in [2.45, 2.75) is 52.1 Å². The fourth-order valence-electron chi connectivity index (χ4n) is 3.30. The van der Waals surface area contributed by atoms with Gasteiger partial charge >= 0.3 is 0 Å². The highest BCUT2D eigenvalue weighted by Crippen LogP contribution is 2.31. The lowest BCUT2D eigenvalue weighted by Gasteiger charge is -2.26. The minimum Gasteiger partial charge on any atom is -0.381 e. The molecule has 0 atom stereocenters. The Kier molecular flexibility index (Phi) is 5.50. The van der Waals surface area contributed by atoms with Crippen molar-refractivity contribution in [3.63, 3.8) is 0 Å². The molecule has 0 aromatic carbocycles. The minimum atomic E-state index is -0.323. The number of hydrogen-bond donors (Lipinski definition) is 3. The second kappa shape index (κ2) is 7.79. The highest BCUT2D eigenvalue weighted by molar-refractivity contribution is 6.07. The summed E-state index contributed by atoms with van der Waals surface area (Å²) in [5.74, 6) is 5.13. The minimum absolute atomic E-state index is 0.253. The zero-order valence-corrected chi connectivity index (χ0v) is 14.8. The number of amides is 1. The van der Waals surface area contributed by atoms with Gasteiger partial charge in [-0.25, -0.2) is 15.5 Å². The average Bonchev–Trinajstić information content (AvgIpc) is 3.05. The van der Waals surface area contributed by atoms with Crippen molar-refractivity contribution >= 4 is 22.6 Å². The van der Waals surface area contributed by atoms with Crippen molar-refractivity contribution in [1.82, 2.24) is 20.2 Å². The number of carbonyl (C=O) groups is 1. The Morgan fingerprint density at radius 2 is 2.16 bits per heavy atom. The number of nitrogens with two attached hydrogens (primary N) is 1. The van der Waals surface area contributed by atoms with Gasteiger partial charge in [0, 0.05) is 25.8 Å². The number of aryl methyl sites for hydroxylation is 2. The lowest BCUT2D eigenvalue weighted by atomic mass is 10.0. The molecule has 3 heterocycles. The zero-order chi connectivity index (χ0) is 17.8. The third-order valence-corrected chi connectivity index (χ3v) is 4.57. The molecule has 4 N–H and O–H groups in total. The van der Waals surface area contributed by atoms with Crippen molar-refractivity contribution in [1.29, 1.82) is 0 Å². The van der Waals surface area contributed by atoms with Gasteiger partial charge in [0.05, 0.1) is 28.5 Å². The second-order valence-electron chi connectivity index (χ2n) is 6.26. The summed E-state index contributed by atoms with van der Waals surface area (Å²) >= 11 is 0. The third-order valence-electron chi connectivity index (χ3n) is 4.57. The molecule has 1 amide bonds. The smallest absolute Gasteiger partial charge is 0.269 e. The van der Waals surface area contributed by atoms with E-state index in [0.29, 0.717) is 12.0 Å². The number of nitrogens with one attached hydrogen (secondary N) is 2. The Morgan fingerprint density at radius 1 is 1.40 bits per heavy atom. The van der Waals surface area contributed by atoms with Crippen molar-refractivity contribution in [3.05, 3.63) is 17.5 Å². The van der Waals surface area contributed by atoms with Crippen LogP contribution >= 0.6 is 0 Å². The highest BCUT2D eigenvalue weighted by Gasteiger charge is 2.25. The van der Waals surface area contributed by atoms with Gasteiger partial charge in [-0.05, 0) is 26.2 Å². The van der Waals surface area contributed by atoms with Crippen LogP contribution in [-0.2, 0) is 17.7 Å². The molecule has 2 aromatic heterocycles. The fourth-order valence-corrected chi connectivity index (χ4v) is 3.30. The quantitative estimate of drug-likeness (QED) is 0.417. The van der Waals surface area contributed by atoms with E-state index in [-0.39, 0.29) is 11.9 Å². The molecule has 8 nitrogen and oxygen atoms in total. The van der Waals surface area contributed by atoms with Gasteiger partial charge in [-0.2, -0.15) is 5.10 Å². The van der Waals surface area contributed by atoms with Crippen LogP contribution in [0.4, 0.5) is 5.69 Å². The molecule has 136 valence electrons. The second-order valence-corrected chi connectivity index (χ2v) is 6.26. The summed E-state index contributed by atoms with van der Waals surface area (Å²) in [6.07, 6.45) is 5.17. The Balaban J connectivity index is 2.16. The SMILES string of the molecule is CCCc1nc2c(cnn2CC)c(NC2CCOCC2)c1C(=O)NN. The van der Waals surface area contributed by atoms with E-state index in [1.165, 1.54) is 0 Å². The van der Waals surface area contributed by atoms with Crippen LogP contribution in [0.5, 0.6) is 0 Å². The number of rotatable bonds is 6. The average molecular weight is 346 g/mol. The number of pyridine rings is 1. The molecule has 25 heavy (non-hydrogen) atoms. The summed E-state index contributed by atoms with van der Waals surface area (Å²) < 4.78 is 7.29. The molecule has 0 saturated carbocycles. The van der Waals surface area contributed by atoms with Crippen LogP contribution in [0.3, 0.4) is 0 Å². The van der Waals surface area contributed by atoms with Crippen molar-refractivity contribution < 1.29 is 9.53 Å². The summed E-state index contributed by atoms with van der Waals surface area (Å²) in [4.78, 5) is 17.3. The number of hydrogen-bond acceptors (Lipinski definition) is 6. The van der Waals surface area contributed by atoms with Gasteiger partial charge in [0.2, 0.25) is 0 Å². The predicted octanol–water partition coefficient (Wildman–Crippen LogP) is 1.60. The lowest BCUT2D eigenvalue weighted by molar-refractivity contribution is 0.0904. The molecule has 2 aromatic rings. The maximum atomic E-state index is 12.5. The summed E-state index contributed by atoms with van der Waals surface area (Å²) in [6.45, 7) is 6.26. The van der Waals surface area contributed by atoms with E-state index >= 15 is 0 Å². The Hall–Kier alpha value is -2.19. The number of aromatic nitrogens is 3. The van der Waals surface area contributed by atoms with E-state index in [1.54, 1.807) is 6.20 Å². The molecule has 0 radical (unpaired) electrons. The number of fused-ring (bicyclic) bond motifs is 1. The first-order chi connectivity index (χ1) is 12.2. The van der Waals surface area contributed by atoms with Crippen LogP contribution in [0.2, 0.25) is 0 Å². The van der Waals surface area contributed by atoms with E-state index in [0.717, 1.165) is 61.4 Å². The number of nitrogen functional groups attached to an aromatic ring is 1. The number of nitrogens with zero attached hydrogens (tertiary/aromatic N) is 3. The van der Waals surface area contributed by atoms with Crippen LogP contribution in [0.1, 0.15) is 49.2 Å². The zero-order valence-electron chi connectivity index (χ0n) is 14.8. The van der Waals surface area contributed by atoms with E-state index in [4.69, 9.17) is 15.6 Å². The largest absolute Gasteiger partial charge is 0.381 e. The first-order valence-corrected chi connectivity index (χ1v) is 8.93. The van der Waals surface area contributed by atoms with Gasteiger partial charge in [0.15, 0.2) is 5.65 Å². The molecule has 0 bridgehead atoms. The highest BCUT2D eigenvalue weighted by atomic mass is 16.5. The molecule has 1 fully saturated rings. The first kappa shape index (κ1) is 17.6. The van der Waals surface area contributed by atoms with Gasteiger partial charge in [0.25, 0.3) is 5.91 Å². The Morgan fingerprint density at radius 3 is 2.80 bits per heavy atom. The molecule has 1 saturated heterocycles. The lowest BCUT2D eigenvalue weighted by Crippen LogP contribution is -2.34. The Labute approximate surface area is 147 Å². The normalized spacial score (nSPS) is 15.5. The Bertz CT molecular complexity index is 751. The van der Waals surface area contributed by atoms with Crippen LogP contribution in [0.25, 0.3) is 11.0 Å². The molecular formula is C17H26N6O2. The summed E-state index contributed by atoms with van der Waals surface area (Å²) in [5.41, 5.74) is 5.13. The summed E-state index contributed by atoms with van der Waals surface area (Å²) in [5, 5.41) is 8.83. The topological polar surface area (TPSA) is 107 Å². The van der Waals surface area contributed by atoms with Crippen LogP contribution in [0, 0.1) is 0 Å². The standard InChI is InChI=1S/C17H26N6O2/c1-3-5-13-14(17(24)22-18)15(20-11-6-8-25-9-7-11)12-10-19-23(4-2)16(12)21-13/h10-11H,3-9,18H2,1-2H3,(H,20,21)(H,22,24). The molecule has 0 unspecified atom stereocenters. The van der Waals surface area contributed by atoms with Crippen LogP contribution in [0.15, 0.2) is 6.20 Å². The van der Waals surface area contributed by atoms with E-state index < -0.39 is 0 Å². The number of carbonyl (C=O) groups excluding carboxylic acids is 1. The van der Waals surface area contributed by atoms with Gasteiger partial charge in [-0.3, -0.25) is 10.2 Å². The van der Waals surface area contributed by atoms with Crippen molar-refractivity contribution in [2.24, 2.45) is 5.84 Å². The molecule has 0 aliphatic carbocycles. The third kappa shape index (κ3) is 3.45. The van der Waals surface area contributed by atoms with E-state index in [9.17, 15) is 4.79 Å². The molecule has 8 heteroatoms. The first-order valence-electron chi connectivity index (χ1n) is 8.93. The number of hydrazine groups is 1. The predicted molar refractivity (Wildman–Crippen MR) is 96.3 cm³/mol.